The summed E-state index contributed by atoms with van der Waals surface area (Å²) in [6, 6.07) is 9.66. The number of amides is 1. The van der Waals surface area contributed by atoms with Crippen molar-refractivity contribution >= 4 is 17.7 Å². The van der Waals surface area contributed by atoms with Gasteiger partial charge in [0.2, 0.25) is 5.91 Å². The van der Waals surface area contributed by atoms with Crippen molar-refractivity contribution in [3.63, 3.8) is 0 Å². The molecule has 0 radical (unpaired) electrons. The first-order valence-corrected chi connectivity index (χ1v) is 9.21. The molecule has 2 aromatic heterocycles. The van der Waals surface area contributed by atoms with Crippen LogP contribution in [0.25, 0.3) is 11.7 Å². The molecule has 134 valence electrons. The van der Waals surface area contributed by atoms with E-state index in [2.05, 4.69) is 10.1 Å². The van der Waals surface area contributed by atoms with Gasteiger partial charge in [-0.05, 0) is 42.8 Å². The molecule has 1 aromatic carbocycles. The maximum absolute atomic E-state index is 12.9. The van der Waals surface area contributed by atoms with Gasteiger partial charge in [0.25, 0.3) is 5.89 Å². The molecule has 0 bridgehead atoms. The smallest absolute Gasteiger partial charge is 0.293 e. The Bertz CT molecular complexity index is 879. The fourth-order valence-corrected chi connectivity index (χ4v) is 3.67. The zero-order chi connectivity index (χ0) is 17.9. The van der Waals surface area contributed by atoms with Gasteiger partial charge in [-0.1, -0.05) is 5.16 Å². The molecule has 0 saturated carbocycles. The summed E-state index contributed by atoms with van der Waals surface area (Å²) in [5, 5.41) is 4.02. The topological polar surface area (TPSA) is 72.4 Å². The second-order valence-corrected chi connectivity index (χ2v) is 7.05. The van der Waals surface area contributed by atoms with Gasteiger partial charge in [-0.2, -0.15) is 4.98 Å². The highest BCUT2D eigenvalue weighted by molar-refractivity contribution is 8.00. The number of likely N-dealkylation sites (tertiary alicyclic amines) is 1. The Hall–Kier alpha value is -2.61. The van der Waals surface area contributed by atoms with Crippen LogP contribution in [0.2, 0.25) is 0 Å². The summed E-state index contributed by atoms with van der Waals surface area (Å²) < 4.78 is 23.4. The standard InChI is InChI=1S/C18H16FN3O3S/c19-13-3-5-14(6-4-13)26-11-16(23)22-8-7-12(10-22)17-20-18(25-21-17)15-2-1-9-24-15/h1-6,9,12H,7-8,10-11H2. The van der Waals surface area contributed by atoms with Crippen molar-refractivity contribution in [3.8, 4) is 11.7 Å². The van der Waals surface area contributed by atoms with E-state index in [-0.39, 0.29) is 17.6 Å². The maximum Gasteiger partial charge on any atom is 0.293 e. The van der Waals surface area contributed by atoms with Crippen LogP contribution in [0.4, 0.5) is 4.39 Å². The Balaban J connectivity index is 1.33. The van der Waals surface area contributed by atoms with Gasteiger partial charge in [0.15, 0.2) is 11.6 Å². The highest BCUT2D eigenvalue weighted by Gasteiger charge is 2.30. The quantitative estimate of drug-likeness (QED) is 0.637. The van der Waals surface area contributed by atoms with Crippen LogP contribution in [0.15, 0.2) is 56.5 Å². The maximum atomic E-state index is 12.9. The Morgan fingerprint density at radius 3 is 2.92 bits per heavy atom. The fraction of sp³-hybridized carbons (Fsp3) is 0.278. The number of furan rings is 1. The average molecular weight is 373 g/mol. The third-order valence-corrected chi connectivity index (χ3v) is 5.25. The van der Waals surface area contributed by atoms with Crippen LogP contribution < -0.4 is 0 Å². The van der Waals surface area contributed by atoms with Crippen molar-refractivity contribution in [1.82, 2.24) is 15.0 Å². The average Bonchev–Trinajstić information content (AvgIpc) is 3.41. The molecule has 1 fully saturated rings. The second kappa shape index (κ2) is 7.33. The lowest BCUT2D eigenvalue weighted by Gasteiger charge is -2.15. The monoisotopic (exact) mass is 373 g/mol. The molecule has 1 amide bonds. The molecule has 0 N–H and O–H groups in total. The lowest BCUT2D eigenvalue weighted by atomic mass is 10.1. The van der Waals surface area contributed by atoms with Gasteiger partial charge in [-0.3, -0.25) is 4.79 Å². The van der Waals surface area contributed by atoms with Crippen molar-refractivity contribution in [2.45, 2.75) is 17.2 Å². The van der Waals surface area contributed by atoms with Gasteiger partial charge in [0, 0.05) is 23.9 Å². The van der Waals surface area contributed by atoms with E-state index in [0.29, 0.717) is 36.3 Å². The molecule has 3 aromatic rings. The third-order valence-electron chi connectivity index (χ3n) is 4.26. The number of carbonyl (C=O) groups excluding carboxylic acids is 1. The molecule has 0 spiro atoms. The molecule has 1 saturated heterocycles. The molecule has 26 heavy (non-hydrogen) atoms. The molecule has 1 atom stereocenters. The summed E-state index contributed by atoms with van der Waals surface area (Å²) >= 11 is 1.40. The molecular formula is C18H16FN3O3S. The SMILES string of the molecule is O=C(CSc1ccc(F)cc1)N1CCC(c2noc(-c3ccco3)n2)C1. The van der Waals surface area contributed by atoms with Gasteiger partial charge in [-0.15, -0.1) is 11.8 Å². The molecule has 0 aliphatic carbocycles. The summed E-state index contributed by atoms with van der Waals surface area (Å²) in [5.41, 5.74) is 0. The summed E-state index contributed by atoms with van der Waals surface area (Å²) in [4.78, 5) is 19.5. The van der Waals surface area contributed by atoms with Crippen molar-refractivity contribution < 1.29 is 18.1 Å². The first kappa shape index (κ1) is 16.8. The molecular weight excluding hydrogens is 357 g/mol. The molecule has 4 rings (SSSR count). The van der Waals surface area contributed by atoms with Crippen molar-refractivity contribution in [1.29, 1.82) is 0 Å². The lowest BCUT2D eigenvalue weighted by molar-refractivity contribution is -0.127. The van der Waals surface area contributed by atoms with E-state index < -0.39 is 0 Å². The number of halogens is 1. The molecule has 1 aliphatic rings. The first-order chi connectivity index (χ1) is 12.7. The normalized spacial score (nSPS) is 17.0. The summed E-state index contributed by atoms with van der Waals surface area (Å²) in [6.07, 6.45) is 2.35. The fourth-order valence-electron chi connectivity index (χ4n) is 2.87. The van der Waals surface area contributed by atoms with E-state index in [4.69, 9.17) is 8.94 Å². The van der Waals surface area contributed by atoms with E-state index in [1.54, 1.807) is 30.5 Å². The van der Waals surface area contributed by atoms with Crippen LogP contribution in [0.5, 0.6) is 0 Å². The van der Waals surface area contributed by atoms with E-state index >= 15 is 0 Å². The zero-order valence-corrected chi connectivity index (χ0v) is 14.6. The summed E-state index contributed by atoms with van der Waals surface area (Å²) in [5.74, 6) is 1.63. The van der Waals surface area contributed by atoms with Crippen LogP contribution in [-0.4, -0.2) is 39.8 Å². The number of hydrogen-bond donors (Lipinski definition) is 0. The van der Waals surface area contributed by atoms with Gasteiger partial charge >= 0.3 is 0 Å². The number of carbonyl (C=O) groups is 1. The Kier molecular flexibility index (Phi) is 4.75. The number of hydrogen-bond acceptors (Lipinski definition) is 6. The van der Waals surface area contributed by atoms with Crippen molar-refractivity contribution in [2.24, 2.45) is 0 Å². The molecule has 1 aliphatic heterocycles. The van der Waals surface area contributed by atoms with Crippen LogP contribution in [0.3, 0.4) is 0 Å². The van der Waals surface area contributed by atoms with E-state index in [1.165, 1.54) is 23.9 Å². The van der Waals surface area contributed by atoms with E-state index in [1.807, 2.05) is 4.90 Å². The number of rotatable bonds is 5. The van der Waals surface area contributed by atoms with Crippen LogP contribution in [0.1, 0.15) is 18.2 Å². The summed E-state index contributed by atoms with van der Waals surface area (Å²) in [7, 11) is 0. The van der Waals surface area contributed by atoms with Crippen molar-refractivity contribution in [2.75, 3.05) is 18.8 Å². The van der Waals surface area contributed by atoms with Gasteiger partial charge in [0.1, 0.15) is 5.82 Å². The number of benzene rings is 1. The predicted octanol–water partition coefficient (Wildman–Crippen LogP) is 3.58. The first-order valence-electron chi connectivity index (χ1n) is 8.22. The highest BCUT2D eigenvalue weighted by Crippen LogP contribution is 2.28. The number of thioether (sulfide) groups is 1. The van der Waals surface area contributed by atoms with Crippen molar-refractivity contribution in [3.05, 3.63) is 54.3 Å². The second-order valence-electron chi connectivity index (χ2n) is 6.00. The zero-order valence-electron chi connectivity index (χ0n) is 13.8. The van der Waals surface area contributed by atoms with Gasteiger partial charge in [-0.25, -0.2) is 4.39 Å². The van der Waals surface area contributed by atoms with Gasteiger partial charge in [0.05, 0.1) is 12.0 Å². The molecule has 8 heteroatoms. The highest BCUT2D eigenvalue weighted by atomic mass is 32.2. The van der Waals surface area contributed by atoms with Crippen LogP contribution in [-0.2, 0) is 4.79 Å². The molecule has 3 heterocycles. The predicted molar refractivity (Wildman–Crippen MR) is 93.1 cm³/mol. The Morgan fingerprint density at radius 1 is 1.31 bits per heavy atom. The van der Waals surface area contributed by atoms with Crippen LogP contribution >= 0.6 is 11.8 Å². The minimum absolute atomic E-state index is 0.0524. The van der Waals surface area contributed by atoms with E-state index in [0.717, 1.165) is 11.3 Å². The Labute approximate surface area is 153 Å². The molecule has 1 unspecified atom stereocenters. The summed E-state index contributed by atoms with van der Waals surface area (Å²) in [6.45, 7) is 1.23. The van der Waals surface area contributed by atoms with Gasteiger partial charge < -0.3 is 13.8 Å². The Morgan fingerprint density at radius 2 is 2.15 bits per heavy atom. The largest absolute Gasteiger partial charge is 0.459 e. The van der Waals surface area contributed by atoms with Crippen LogP contribution in [0, 0.1) is 5.82 Å². The van der Waals surface area contributed by atoms with E-state index in [9.17, 15) is 9.18 Å². The lowest BCUT2D eigenvalue weighted by Crippen LogP contribution is -2.30. The third kappa shape index (κ3) is 3.65. The minimum Gasteiger partial charge on any atom is -0.459 e. The number of nitrogens with zero attached hydrogens (tertiary/aromatic N) is 3. The number of aromatic nitrogens is 2. The molecule has 6 nitrogen and oxygen atoms in total. The minimum atomic E-state index is -0.280.